The lowest BCUT2D eigenvalue weighted by molar-refractivity contribution is -0.140. The fourth-order valence-corrected chi connectivity index (χ4v) is 5.58. The fraction of sp³-hybridized carbons (Fsp3) is 0.179. The summed E-state index contributed by atoms with van der Waals surface area (Å²) in [6.07, 6.45) is 1.70. The van der Waals surface area contributed by atoms with Gasteiger partial charge in [-0.2, -0.15) is 0 Å². The number of carbonyl (C=O) groups is 1. The Morgan fingerprint density at radius 1 is 1.13 bits per heavy atom. The second kappa shape index (κ2) is 11.2. The minimum atomic E-state index is -0.726. The second-order valence-electron chi connectivity index (χ2n) is 8.47. The number of allylic oxidation sites excluding steroid dienone is 1. The number of carbonyl (C=O) groups excluding carboxylic acids is 1. The first-order chi connectivity index (χ1) is 18.4. The van der Waals surface area contributed by atoms with Crippen LogP contribution in [0.15, 0.2) is 90.6 Å². The Hall–Kier alpha value is -3.24. The highest BCUT2D eigenvalue weighted by Gasteiger charge is 2.33. The van der Waals surface area contributed by atoms with E-state index in [-0.39, 0.29) is 24.3 Å². The van der Waals surface area contributed by atoms with Gasteiger partial charge < -0.3 is 13.9 Å². The molecule has 0 saturated carbocycles. The molecule has 1 unspecified atom stereocenters. The summed E-state index contributed by atoms with van der Waals surface area (Å²) in [5.41, 5.74) is 2.12. The van der Waals surface area contributed by atoms with Crippen molar-refractivity contribution >= 4 is 50.9 Å². The predicted octanol–water partition coefficient (Wildman–Crippen LogP) is 5.10. The molecule has 10 heteroatoms. The van der Waals surface area contributed by atoms with E-state index in [0.717, 1.165) is 10.0 Å². The summed E-state index contributed by atoms with van der Waals surface area (Å²) in [5, 5.41) is 0.547. The number of rotatable bonds is 7. The molecule has 4 aromatic rings. The molecular weight excluding hydrogens is 592 g/mol. The highest BCUT2D eigenvalue weighted by Crippen LogP contribution is 2.31. The number of aromatic nitrogens is 1. The average Bonchev–Trinajstić information content (AvgIpc) is 3.49. The molecule has 1 aliphatic rings. The molecule has 0 saturated heterocycles. The molecule has 5 rings (SSSR count). The van der Waals surface area contributed by atoms with Crippen molar-refractivity contribution in [2.24, 2.45) is 4.99 Å². The lowest BCUT2D eigenvalue weighted by Gasteiger charge is -2.24. The first-order valence-corrected chi connectivity index (χ1v) is 13.6. The van der Waals surface area contributed by atoms with Gasteiger partial charge in [-0.1, -0.05) is 63.1 Å². The number of methoxy groups -OCH3 is 1. The lowest BCUT2D eigenvalue weighted by atomic mass is 9.96. The van der Waals surface area contributed by atoms with Crippen molar-refractivity contribution in [1.29, 1.82) is 0 Å². The van der Waals surface area contributed by atoms with Crippen LogP contribution < -0.4 is 14.9 Å². The van der Waals surface area contributed by atoms with Gasteiger partial charge >= 0.3 is 5.97 Å². The molecule has 0 fully saturated rings. The van der Waals surface area contributed by atoms with Crippen LogP contribution in [0.3, 0.4) is 0 Å². The largest absolute Gasteiger partial charge is 0.460 e. The zero-order valence-electron chi connectivity index (χ0n) is 20.4. The van der Waals surface area contributed by atoms with E-state index in [0.29, 0.717) is 37.1 Å². The first kappa shape index (κ1) is 26.4. The average molecular weight is 614 g/mol. The number of furan rings is 1. The van der Waals surface area contributed by atoms with E-state index in [1.807, 2.05) is 36.4 Å². The molecule has 2 aromatic carbocycles. The number of nitrogens with zero attached hydrogens (tertiary/aromatic N) is 2. The van der Waals surface area contributed by atoms with Crippen molar-refractivity contribution < 1.29 is 18.7 Å². The van der Waals surface area contributed by atoms with Crippen molar-refractivity contribution in [3.63, 3.8) is 0 Å². The van der Waals surface area contributed by atoms with Crippen molar-refractivity contribution in [1.82, 2.24) is 4.57 Å². The fourth-order valence-electron chi connectivity index (χ4n) is 4.17. The quantitative estimate of drug-likeness (QED) is 0.214. The molecule has 0 bridgehead atoms. The standard InChI is InChI=1S/C28H22BrClN2O5S/c1-16-24(27(34)36-14-13-35-2)25(18-5-9-20(30)10-6-18)32-26(33)23(38-28(32)31-16)15-21-11-12-22(37-21)17-3-7-19(29)8-4-17/h3-12,15,25H,13-14H2,1-2H3. The third-order valence-corrected chi connectivity index (χ3v) is 7.74. The number of fused-ring (bicyclic) bond motifs is 1. The summed E-state index contributed by atoms with van der Waals surface area (Å²) in [4.78, 5) is 32.0. The van der Waals surface area contributed by atoms with Gasteiger partial charge in [0.25, 0.3) is 5.56 Å². The molecule has 0 amide bonds. The third kappa shape index (κ3) is 5.33. The summed E-state index contributed by atoms with van der Waals surface area (Å²) < 4.78 is 19.4. The minimum Gasteiger partial charge on any atom is -0.460 e. The predicted molar refractivity (Wildman–Crippen MR) is 150 cm³/mol. The number of ether oxygens (including phenoxy) is 2. The molecule has 0 spiro atoms. The van der Waals surface area contributed by atoms with Crippen LogP contribution >= 0.6 is 38.9 Å². The highest BCUT2D eigenvalue weighted by molar-refractivity contribution is 9.10. The van der Waals surface area contributed by atoms with E-state index in [4.69, 9.17) is 25.5 Å². The molecule has 194 valence electrons. The molecule has 38 heavy (non-hydrogen) atoms. The van der Waals surface area contributed by atoms with Crippen LogP contribution in [0.4, 0.5) is 0 Å². The Morgan fingerprint density at radius 2 is 1.87 bits per heavy atom. The topological polar surface area (TPSA) is 83.0 Å². The summed E-state index contributed by atoms with van der Waals surface area (Å²) in [7, 11) is 1.53. The normalized spacial score (nSPS) is 15.4. The van der Waals surface area contributed by atoms with Gasteiger partial charge in [0.1, 0.15) is 18.1 Å². The number of benzene rings is 2. The van der Waals surface area contributed by atoms with Gasteiger partial charge in [-0.25, -0.2) is 9.79 Å². The van der Waals surface area contributed by atoms with Crippen LogP contribution in [0.25, 0.3) is 17.4 Å². The number of thiazole rings is 1. The molecule has 7 nitrogen and oxygen atoms in total. The van der Waals surface area contributed by atoms with Gasteiger partial charge in [-0.3, -0.25) is 9.36 Å². The number of esters is 1. The minimum absolute atomic E-state index is 0.0864. The van der Waals surface area contributed by atoms with E-state index in [1.54, 1.807) is 37.3 Å². The van der Waals surface area contributed by atoms with E-state index >= 15 is 0 Å². The molecule has 1 aliphatic heterocycles. The molecule has 0 N–H and O–H groups in total. The van der Waals surface area contributed by atoms with Gasteiger partial charge in [0.2, 0.25) is 0 Å². The molecular formula is C28H22BrClN2O5S. The van der Waals surface area contributed by atoms with E-state index in [9.17, 15) is 9.59 Å². The summed E-state index contributed by atoms with van der Waals surface area (Å²) in [5.74, 6) is 0.668. The maximum absolute atomic E-state index is 13.7. The molecule has 1 atom stereocenters. The molecule has 0 aliphatic carbocycles. The summed E-state index contributed by atoms with van der Waals surface area (Å²) in [6.45, 7) is 2.09. The van der Waals surface area contributed by atoms with Gasteiger partial charge in [-0.05, 0) is 48.9 Å². The maximum Gasteiger partial charge on any atom is 0.338 e. The first-order valence-electron chi connectivity index (χ1n) is 11.7. The van der Waals surface area contributed by atoms with Gasteiger partial charge in [-0.15, -0.1) is 0 Å². The smallest absolute Gasteiger partial charge is 0.338 e. The lowest BCUT2D eigenvalue weighted by Crippen LogP contribution is -2.40. The Morgan fingerprint density at radius 3 is 2.58 bits per heavy atom. The van der Waals surface area contributed by atoms with Gasteiger partial charge in [0.05, 0.1) is 28.5 Å². The van der Waals surface area contributed by atoms with Gasteiger partial charge in [0, 0.05) is 28.2 Å². The molecule has 3 heterocycles. The van der Waals surface area contributed by atoms with Gasteiger partial charge in [0.15, 0.2) is 4.80 Å². The Kier molecular flexibility index (Phi) is 7.80. The summed E-state index contributed by atoms with van der Waals surface area (Å²) in [6, 6.07) is 17.8. The molecule has 2 aromatic heterocycles. The van der Waals surface area contributed by atoms with Crippen molar-refractivity contribution in [3.8, 4) is 11.3 Å². The molecule has 0 radical (unpaired) electrons. The van der Waals surface area contributed by atoms with E-state index in [1.165, 1.54) is 23.0 Å². The highest BCUT2D eigenvalue weighted by atomic mass is 79.9. The summed E-state index contributed by atoms with van der Waals surface area (Å²) >= 11 is 10.8. The zero-order chi connectivity index (χ0) is 26.8. The van der Waals surface area contributed by atoms with Crippen LogP contribution in [-0.4, -0.2) is 30.9 Å². The number of halogens is 2. The van der Waals surface area contributed by atoms with E-state index < -0.39 is 12.0 Å². The number of hydrogen-bond donors (Lipinski definition) is 0. The van der Waals surface area contributed by atoms with E-state index in [2.05, 4.69) is 20.9 Å². The SMILES string of the molecule is COCCOC(=O)C1=C(C)N=c2sc(=Cc3ccc(-c4ccc(Br)cc4)o3)c(=O)n2C1c1ccc(Cl)cc1. The van der Waals surface area contributed by atoms with Crippen molar-refractivity contribution in [2.75, 3.05) is 20.3 Å². The van der Waals surface area contributed by atoms with Crippen LogP contribution in [0, 0.1) is 0 Å². The van der Waals surface area contributed by atoms with Crippen LogP contribution in [0.1, 0.15) is 24.3 Å². The Bertz CT molecular complexity index is 1700. The zero-order valence-corrected chi connectivity index (χ0v) is 23.6. The van der Waals surface area contributed by atoms with Crippen molar-refractivity contribution in [3.05, 3.63) is 112 Å². The number of hydrogen-bond acceptors (Lipinski definition) is 7. The van der Waals surface area contributed by atoms with Crippen LogP contribution in [0.5, 0.6) is 0 Å². The van der Waals surface area contributed by atoms with Crippen LogP contribution in [-0.2, 0) is 14.3 Å². The van der Waals surface area contributed by atoms with Crippen LogP contribution in [0.2, 0.25) is 5.02 Å². The Balaban J connectivity index is 1.59. The third-order valence-electron chi connectivity index (χ3n) is 5.98. The monoisotopic (exact) mass is 612 g/mol. The Labute approximate surface area is 235 Å². The second-order valence-corrected chi connectivity index (χ2v) is 10.8. The van der Waals surface area contributed by atoms with Crippen molar-refractivity contribution in [2.45, 2.75) is 13.0 Å². The maximum atomic E-state index is 13.7.